The number of hydrogen-bond acceptors (Lipinski definition) is 2. The van der Waals surface area contributed by atoms with Crippen molar-refractivity contribution in [1.82, 2.24) is 10.6 Å². The van der Waals surface area contributed by atoms with Crippen molar-refractivity contribution in [2.24, 2.45) is 10.9 Å². The molecule has 0 bridgehead atoms. The van der Waals surface area contributed by atoms with Crippen LogP contribution in [0.5, 0.6) is 5.75 Å². The molecule has 0 radical (unpaired) electrons. The number of benzene rings is 1. The van der Waals surface area contributed by atoms with Crippen LogP contribution in [-0.2, 0) is 6.54 Å². The summed E-state index contributed by atoms with van der Waals surface area (Å²) in [5.41, 5.74) is 0.660. The summed E-state index contributed by atoms with van der Waals surface area (Å²) >= 11 is 0. The maximum atomic E-state index is 12.4. The third-order valence-corrected chi connectivity index (χ3v) is 3.57. The summed E-state index contributed by atoms with van der Waals surface area (Å²) in [5.74, 6) is 1.42. The van der Waals surface area contributed by atoms with Crippen molar-refractivity contribution in [3.8, 4) is 5.75 Å². The van der Waals surface area contributed by atoms with Gasteiger partial charge < -0.3 is 15.4 Å². The maximum Gasteiger partial charge on any atom is 0.387 e. The molecule has 124 valence electrons. The van der Waals surface area contributed by atoms with Gasteiger partial charge in [-0.05, 0) is 12.0 Å². The number of aliphatic imine (C=N–C) groups is 1. The highest BCUT2D eigenvalue weighted by Gasteiger charge is 2.10. The fourth-order valence-electron chi connectivity index (χ4n) is 2.08. The minimum Gasteiger partial charge on any atom is -0.434 e. The Balaban J connectivity index is 2.56. The number of para-hydroxylation sites is 1. The van der Waals surface area contributed by atoms with Crippen molar-refractivity contribution in [3.05, 3.63) is 29.8 Å². The smallest absolute Gasteiger partial charge is 0.387 e. The Labute approximate surface area is 131 Å². The van der Waals surface area contributed by atoms with Gasteiger partial charge in [0, 0.05) is 25.7 Å². The molecule has 0 saturated heterocycles. The molecule has 22 heavy (non-hydrogen) atoms. The van der Waals surface area contributed by atoms with Crippen LogP contribution in [0.2, 0.25) is 0 Å². The second kappa shape index (κ2) is 9.97. The molecule has 0 fully saturated rings. The third kappa shape index (κ3) is 6.28. The minimum absolute atomic E-state index is 0.181. The molecule has 1 aromatic carbocycles. The monoisotopic (exact) mass is 313 g/mol. The fourth-order valence-corrected chi connectivity index (χ4v) is 2.08. The predicted octanol–water partition coefficient (Wildman–Crippen LogP) is 3.39. The Kier molecular flexibility index (Phi) is 8.25. The molecule has 0 heterocycles. The highest BCUT2D eigenvalue weighted by molar-refractivity contribution is 5.79. The molecule has 0 aromatic heterocycles. The Bertz CT molecular complexity index is 462. The molecular weight excluding hydrogens is 288 g/mol. The molecule has 1 aromatic rings. The molecule has 0 aliphatic heterocycles. The van der Waals surface area contributed by atoms with Crippen LogP contribution in [0.25, 0.3) is 0 Å². The van der Waals surface area contributed by atoms with Gasteiger partial charge in [0.1, 0.15) is 5.75 Å². The van der Waals surface area contributed by atoms with Crippen LogP contribution in [0.4, 0.5) is 8.78 Å². The van der Waals surface area contributed by atoms with E-state index in [-0.39, 0.29) is 5.75 Å². The molecule has 4 nitrogen and oxygen atoms in total. The molecule has 0 atom stereocenters. The summed E-state index contributed by atoms with van der Waals surface area (Å²) in [5, 5.41) is 6.37. The van der Waals surface area contributed by atoms with Crippen LogP contribution < -0.4 is 15.4 Å². The second-order valence-corrected chi connectivity index (χ2v) is 4.98. The number of halogens is 2. The maximum absolute atomic E-state index is 12.4. The SMILES string of the molecule is CCC(CC)CNC(=NC)NCc1ccccc1OC(F)F. The van der Waals surface area contributed by atoms with Crippen molar-refractivity contribution in [2.45, 2.75) is 39.8 Å². The molecular formula is C16H25F2N3O. The van der Waals surface area contributed by atoms with Crippen LogP contribution in [0, 0.1) is 5.92 Å². The highest BCUT2D eigenvalue weighted by atomic mass is 19.3. The standard InChI is InChI=1S/C16H25F2N3O/c1-4-12(5-2)10-20-16(19-3)21-11-13-8-6-7-9-14(13)22-15(17)18/h6-9,12,15H,4-5,10-11H2,1-3H3,(H2,19,20,21). The lowest BCUT2D eigenvalue weighted by Crippen LogP contribution is -2.39. The molecule has 0 amide bonds. The molecule has 1 rings (SSSR count). The normalized spacial score (nSPS) is 11.9. The van der Waals surface area contributed by atoms with Crippen molar-refractivity contribution < 1.29 is 13.5 Å². The van der Waals surface area contributed by atoms with E-state index in [2.05, 4.69) is 34.2 Å². The highest BCUT2D eigenvalue weighted by Crippen LogP contribution is 2.19. The van der Waals surface area contributed by atoms with Gasteiger partial charge in [0.15, 0.2) is 5.96 Å². The first-order valence-corrected chi connectivity index (χ1v) is 7.57. The summed E-state index contributed by atoms with van der Waals surface area (Å²) in [6, 6.07) is 6.74. The number of hydrogen-bond donors (Lipinski definition) is 2. The van der Waals surface area contributed by atoms with Crippen molar-refractivity contribution >= 4 is 5.96 Å². The lowest BCUT2D eigenvalue weighted by molar-refractivity contribution is -0.0504. The Morgan fingerprint density at radius 2 is 1.86 bits per heavy atom. The number of rotatable bonds is 8. The van der Waals surface area contributed by atoms with Crippen molar-refractivity contribution in [1.29, 1.82) is 0 Å². The van der Waals surface area contributed by atoms with E-state index in [4.69, 9.17) is 0 Å². The van der Waals surface area contributed by atoms with Gasteiger partial charge in [-0.3, -0.25) is 4.99 Å². The third-order valence-electron chi connectivity index (χ3n) is 3.57. The average Bonchev–Trinajstić information content (AvgIpc) is 2.52. The first kappa shape index (κ1) is 18.2. The van der Waals surface area contributed by atoms with E-state index in [0.29, 0.717) is 24.0 Å². The van der Waals surface area contributed by atoms with Gasteiger partial charge in [-0.2, -0.15) is 8.78 Å². The number of nitrogens with one attached hydrogen (secondary N) is 2. The zero-order valence-electron chi connectivity index (χ0n) is 13.4. The van der Waals surface area contributed by atoms with E-state index in [9.17, 15) is 8.78 Å². The molecule has 2 N–H and O–H groups in total. The molecule has 0 aliphatic rings. The Morgan fingerprint density at radius 3 is 2.45 bits per heavy atom. The molecule has 0 spiro atoms. The van der Waals surface area contributed by atoms with Crippen LogP contribution in [0.1, 0.15) is 32.3 Å². The molecule has 0 aliphatic carbocycles. The summed E-state index contributed by atoms with van der Waals surface area (Å²) in [7, 11) is 1.68. The van der Waals surface area contributed by atoms with Gasteiger partial charge in [0.05, 0.1) is 0 Å². The molecule has 0 unspecified atom stereocenters. The largest absolute Gasteiger partial charge is 0.434 e. The Hall–Kier alpha value is -1.85. The van der Waals surface area contributed by atoms with E-state index in [1.54, 1.807) is 25.2 Å². The first-order chi connectivity index (χ1) is 10.6. The zero-order chi connectivity index (χ0) is 16.4. The van der Waals surface area contributed by atoms with E-state index in [1.807, 2.05) is 0 Å². The second-order valence-electron chi connectivity index (χ2n) is 4.98. The number of ether oxygens (including phenoxy) is 1. The van der Waals surface area contributed by atoms with Crippen molar-refractivity contribution in [3.63, 3.8) is 0 Å². The van der Waals surface area contributed by atoms with Gasteiger partial charge in [-0.15, -0.1) is 0 Å². The first-order valence-electron chi connectivity index (χ1n) is 7.57. The van der Waals surface area contributed by atoms with Gasteiger partial charge in [-0.25, -0.2) is 0 Å². The fraction of sp³-hybridized carbons (Fsp3) is 0.562. The minimum atomic E-state index is -2.83. The lowest BCUT2D eigenvalue weighted by atomic mass is 10.0. The summed E-state index contributed by atoms with van der Waals surface area (Å²) in [4.78, 5) is 4.14. The molecule has 0 saturated carbocycles. The lowest BCUT2D eigenvalue weighted by Gasteiger charge is -2.17. The quantitative estimate of drug-likeness (QED) is 0.571. The van der Waals surface area contributed by atoms with E-state index < -0.39 is 6.61 Å². The van der Waals surface area contributed by atoms with Gasteiger partial charge >= 0.3 is 6.61 Å². The van der Waals surface area contributed by atoms with Crippen LogP contribution in [0.3, 0.4) is 0 Å². The predicted molar refractivity (Wildman–Crippen MR) is 85.3 cm³/mol. The number of guanidine groups is 1. The van der Waals surface area contributed by atoms with Crippen LogP contribution in [-0.4, -0.2) is 26.2 Å². The number of nitrogens with zero attached hydrogens (tertiary/aromatic N) is 1. The van der Waals surface area contributed by atoms with Crippen LogP contribution in [0.15, 0.2) is 29.3 Å². The summed E-state index contributed by atoms with van der Waals surface area (Å²) in [6.07, 6.45) is 2.21. The van der Waals surface area contributed by atoms with Gasteiger partial charge in [-0.1, -0.05) is 44.9 Å². The van der Waals surface area contributed by atoms with Crippen molar-refractivity contribution in [2.75, 3.05) is 13.6 Å². The van der Waals surface area contributed by atoms with Gasteiger partial charge in [0.2, 0.25) is 0 Å². The zero-order valence-corrected chi connectivity index (χ0v) is 13.4. The van der Waals surface area contributed by atoms with E-state index in [1.165, 1.54) is 6.07 Å². The molecule has 6 heteroatoms. The van der Waals surface area contributed by atoms with Gasteiger partial charge in [0.25, 0.3) is 0 Å². The summed E-state index contributed by atoms with van der Waals surface area (Å²) in [6.45, 7) is 2.69. The number of alkyl halides is 2. The Morgan fingerprint density at radius 1 is 1.18 bits per heavy atom. The van der Waals surface area contributed by atoms with E-state index in [0.717, 1.165) is 19.4 Å². The van der Waals surface area contributed by atoms with Crippen LogP contribution >= 0.6 is 0 Å². The average molecular weight is 313 g/mol. The summed E-state index contributed by atoms with van der Waals surface area (Å²) < 4.78 is 29.3. The topological polar surface area (TPSA) is 45.7 Å². The van der Waals surface area contributed by atoms with E-state index >= 15 is 0 Å².